The number of amides is 1. The first-order valence-corrected chi connectivity index (χ1v) is 11.3. The van der Waals surface area contributed by atoms with Gasteiger partial charge in [0.1, 0.15) is 0 Å². The van der Waals surface area contributed by atoms with Crippen molar-refractivity contribution in [2.45, 2.75) is 58.8 Å². The number of methoxy groups -OCH3 is 1. The topological polar surface area (TPSA) is 93.6 Å². The van der Waals surface area contributed by atoms with Crippen molar-refractivity contribution < 1.29 is 18.8 Å². The second kappa shape index (κ2) is 12.3. The Bertz CT molecular complexity index is 545. The minimum absolute atomic E-state index is 0.0121. The molecule has 0 aliphatic rings. The van der Waals surface area contributed by atoms with Gasteiger partial charge in [0.05, 0.1) is 43.8 Å². The number of aromatic nitrogens is 2. The molecule has 0 aliphatic carbocycles. The number of nitrogens with zero attached hydrogens (tertiary/aromatic N) is 2. The second-order valence-corrected chi connectivity index (χ2v) is 11.3. The Hall–Kier alpha value is -1.22. The minimum atomic E-state index is -1.34. The van der Waals surface area contributed by atoms with Crippen molar-refractivity contribution in [3.8, 4) is 0 Å². The van der Waals surface area contributed by atoms with Crippen LogP contribution in [0.1, 0.15) is 46.7 Å². The van der Waals surface area contributed by atoms with Gasteiger partial charge in [0, 0.05) is 11.9 Å². The fourth-order valence-electron chi connectivity index (χ4n) is 1.73. The Morgan fingerprint density at radius 1 is 1.33 bits per heavy atom. The Morgan fingerprint density at radius 3 is 2.37 bits per heavy atom. The molecule has 7 nitrogen and oxygen atoms in total. The van der Waals surface area contributed by atoms with Crippen LogP contribution in [0, 0.1) is 6.92 Å². The van der Waals surface area contributed by atoms with E-state index in [1.165, 1.54) is 6.20 Å². The van der Waals surface area contributed by atoms with E-state index in [4.69, 9.17) is 9.47 Å². The summed E-state index contributed by atoms with van der Waals surface area (Å²) in [6.07, 6.45) is 5.37. The van der Waals surface area contributed by atoms with Crippen LogP contribution in [0.4, 0.5) is 5.82 Å². The lowest BCUT2D eigenvalue weighted by atomic mass is 10.3. The monoisotopic (exact) mass is 403 g/mol. The third-order valence-electron chi connectivity index (χ3n) is 4.06. The zero-order chi connectivity index (χ0) is 21.1. The molecule has 1 rings (SSSR count). The molecule has 158 valence electrons. The summed E-state index contributed by atoms with van der Waals surface area (Å²) in [6.45, 7) is 12.9. The number of hydrogen-bond donors (Lipinski definition) is 2. The average molecular weight is 404 g/mol. The third-order valence-corrected chi connectivity index (χ3v) is 7.83. The summed E-state index contributed by atoms with van der Waals surface area (Å²) in [4.78, 5) is 19.6. The maximum Gasteiger partial charge on any atom is 0.227 e. The molecule has 2 N–H and O–H groups in total. The molecular formula is C19H37N3O4S. The van der Waals surface area contributed by atoms with Crippen molar-refractivity contribution in [1.82, 2.24) is 9.97 Å². The summed E-state index contributed by atoms with van der Waals surface area (Å²) in [5.74, 6) is 1.21. The predicted octanol–water partition coefficient (Wildman–Crippen LogP) is 3.88. The summed E-state index contributed by atoms with van der Waals surface area (Å²) < 4.78 is 20.1. The van der Waals surface area contributed by atoms with E-state index in [9.17, 15) is 9.35 Å². The molecule has 1 aromatic heterocycles. The lowest BCUT2D eigenvalue weighted by Gasteiger charge is -2.41. The Labute approximate surface area is 165 Å². The summed E-state index contributed by atoms with van der Waals surface area (Å²) in [5, 5.41) is 2.65. The van der Waals surface area contributed by atoms with Gasteiger partial charge >= 0.3 is 0 Å². The summed E-state index contributed by atoms with van der Waals surface area (Å²) in [5.41, 5.74) is 0.810. The molecule has 0 bridgehead atoms. The molecular weight excluding hydrogens is 366 g/mol. The highest BCUT2D eigenvalue weighted by molar-refractivity contribution is 8.29. The van der Waals surface area contributed by atoms with Crippen LogP contribution < -0.4 is 5.32 Å². The van der Waals surface area contributed by atoms with E-state index in [1.807, 2.05) is 27.0 Å². The van der Waals surface area contributed by atoms with Gasteiger partial charge in [-0.2, -0.15) is 0 Å². The molecule has 1 heterocycles. The maximum atomic E-state index is 11.5. The van der Waals surface area contributed by atoms with E-state index in [1.54, 1.807) is 13.3 Å². The standard InChI is InChI=1S/C12H19N3O3.C7H18OS/c1-9-6-14-11(7-13-9)15-12(16)4-5-18-10(2)8-17-3;1-6-9(5,8)7(2,3)4/h6-7,10H,4-5,8H2,1-3H3,(H,14,15,16);8H,6H2,1-5H3/t10-;/m0./s1. The Kier molecular flexibility index (Phi) is 11.7. The van der Waals surface area contributed by atoms with E-state index in [0.717, 1.165) is 11.4 Å². The van der Waals surface area contributed by atoms with Crippen molar-refractivity contribution in [2.24, 2.45) is 0 Å². The number of aryl methyl sites for hydroxylation is 1. The smallest absolute Gasteiger partial charge is 0.227 e. The summed E-state index contributed by atoms with van der Waals surface area (Å²) in [6, 6.07) is 0. The molecule has 1 amide bonds. The molecule has 1 unspecified atom stereocenters. The van der Waals surface area contributed by atoms with Gasteiger partial charge in [-0.3, -0.25) is 9.78 Å². The first-order valence-electron chi connectivity index (χ1n) is 9.10. The van der Waals surface area contributed by atoms with E-state index >= 15 is 0 Å². The zero-order valence-electron chi connectivity index (χ0n) is 18.0. The fourth-order valence-corrected chi connectivity index (χ4v) is 2.60. The quantitative estimate of drug-likeness (QED) is 0.684. The SMILES string of the molecule is CCS(C)(O)C(C)(C)C.COC[C@H](C)OCCC(=O)Nc1cnc(C)cn1. The summed E-state index contributed by atoms with van der Waals surface area (Å²) >= 11 is 0. The molecule has 0 spiro atoms. The number of hydrogen-bond acceptors (Lipinski definition) is 6. The van der Waals surface area contributed by atoms with Gasteiger partial charge < -0.3 is 19.3 Å². The molecule has 8 heteroatoms. The van der Waals surface area contributed by atoms with Gasteiger partial charge in [-0.25, -0.2) is 4.98 Å². The predicted molar refractivity (Wildman–Crippen MR) is 114 cm³/mol. The zero-order valence-corrected chi connectivity index (χ0v) is 18.9. The highest BCUT2D eigenvalue weighted by Gasteiger charge is 2.27. The molecule has 0 aliphatic heterocycles. The Morgan fingerprint density at radius 2 is 1.96 bits per heavy atom. The summed E-state index contributed by atoms with van der Waals surface area (Å²) in [7, 11) is 0.278. The van der Waals surface area contributed by atoms with Crippen molar-refractivity contribution in [3.05, 3.63) is 18.1 Å². The number of carbonyl (C=O) groups excluding carboxylic acids is 1. The minimum Gasteiger partial charge on any atom is -0.382 e. The molecule has 0 saturated carbocycles. The van der Waals surface area contributed by atoms with Crippen molar-refractivity contribution in [1.29, 1.82) is 0 Å². The van der Waals surface area contributed by atoms with Crippen LogP contribution in [0.15, 0.2) is 12.4 Å². The van der Waals surface area contributed by atoms with E-state index in [0.29, 0.717) is 19.0 Å². The Balaban J connectivity index is 0.000000636. The molecule has 27 heavy (non-hydrogen) atoms. The number of nitrogens with one attached hydrogen (secondary N) is 1. The van der Waals surface area contributed by atoms with Crippen LogP contribution in [0.3, 0.4) is 0 Å². The molecule has 0 saturated heterocycles. The van der Waals surface area contributed by atoms with E-state index in [-0.39, 0.29) is 23.2 Å². The number of rotatable bonds is 8. The van der Waals surface area contributed by atoms with Crippen LogP contribution in [0.5, 0.6) is 0 Å². The maximum absolute atomic E-state index is 11.5. The normalized spacial score (nSPS) is 15.7. The number of anilines is 1. The highest BCUT2D eigenvalue weighted by Crippen LogP contribution is 2.51. The first kappa shape index (κ1) is 25.8. The number of carbonyl (C=O) groups is 1. The van der Waals surface area contributed by atoms with Gasteiger partial charge in [0.25, 0.3) is 0 Å². The highest BCUT2D eigenvalue weighted by atomic mass is 32.3. The molecule has 0 fully saturated rings. The van der Waals surface area contributed by atoms with Gasteiger partial charge in [0.15, 0.2) is 5.82 Å². The van der Waals surface area contributed by atoms with Gasteiger partial charge in [-0.15, -0.1) is 10.3 Å². The van der Waals surface area contributed by atoms with Crippen molar-refractivity contribution >= 4 is 22.0 Å². The fraction of sp³-hybridized carbons (Fsp3) is 0.737. The number of ether oxygens (including phenoxy) is 2. The van der Waals surface area contributed by atoms with Crippen LogP contribution in [0.25, 0.3) is 0 Å². The van der Waals surface area contributed by atoms with Crippen molar-refractivity contribution in [3.63, 3.8) is 0 Å². The molecule has 2 atom stereocenters. The van der Waals surface area contributed by atoms with Gasteiger partial charge in [-0.05, 0) is 25.9 Å². The van der Waals surface area contributed by atoms with Crippen LogP contribution >= 0.6 is 10.3 Å². The third kappa shape index (κ3) is 11.3. The first-order chi connectivity index (χ1) is 12.4. The average Bonchev–Trinajstić information content (AvgIpc) is 2.57. The lowest BCUT2D eigenvalue weighted by Crippen LogP contribution is -2.24. The second-order valence-electron chi connectivity index (χ2n) is 7.42. The van der Waals surface area contributed by atoms with Crippen LogP contribution in [0.2, 0.25) is 0 Å². The molecule has 1 aromatic rings. The lowest BCUT2D eigenvalue weighted by molar-refractivity contribution is -0.117. The van der Waals surface area contributed by atoms with Crippen LogP contribution in [-0.2, 0) is 14.3 Å². The van der Waals surface area contributed by atoms with Crippen LogP contribution in [-0.4, -0.2) is 63.6 Å². The largest absolute Gasteiger partial charge is 0.382 e. The molecule has 0 radical (unpaired) electrons. The molecule has 0 aromatic carbocycles. The van der Waals surface area contributed by atoms with E-state index in [2.05, 4.69) is 36.1 Å². The van der Waals surface area contributed by atoms with E-state index < -0.39 is 10.3 Å². The van der Waals surface area contributed by atoms with Gasteiger partial charge in [-0.1, -0.05) is 27.7 Å². The van der Waals surface area contributed by atoms with Gasteiger partial charge in [0.2, 0.25) is 5.91 Å². The van der Waals surface area contributed by atoms with Crippen molar-refractivity contribution in [2.75, 3.05) is 37.6 Å².